The van der Waals surface area contributed by atoms with Crippen LogP contribution >= 0.6 is 0 Å². The third-order valence-corrected chi connectivity index (χ3v) is 5.09. The van der Waals surface area contributed by atoms with Crippen molar-refractivity contribution in [1.82, 2.24) is 19.4 Å². The molecular formula is C19H19F3N4O2. The minimum atomic E-state index is -4.52. The van der Waals surface area contributed by atoms with Crippen molar-refractivity contribution in [2.24, 2.45) is 0 Å². The maximum absolute atomic E-state index is 13.2. The van der Waals surface area contributed by atoms with Crippen LogP contribution < -0.4 is 5.56 Å². The summed E-state index contributed by atoms with van der Waals surface area (Å²) in [6.45, 7) is 1.56. The number of halogens is 3. The molecule has 2 aromatic heterocycles. The number of para-hydroxylation sites is 1. The zero-order valence-electron chi connectivity index (χ0n) is 15.2. The Labute approximate surface area is 158 Å². The van der Waals surface area contributed by atoms with Crippen molar-refractivity contribution in [3.63, 3.8) is 0 Å². The third-order valence-electron chi connectivity index (χ3n) is 5.09. The summed E-state index contributed by atoms with van der Waals surface area (Å²) in [5.74, 6) is 0.824. The molecule has 0 amide bonds. The van der Waals surface area contributed by atoms with Gasteiger partial charge in [0.1, 0.15) is 18.1 Å². The van der Waals surface area contributed by atoms with Gasteiger partial charge in [0.15, 0.2) is 6.39 Å². The van der Waals surface area contributed by atoms with Gasteiger partial charge in [0.05, 0.1) is 22.6 Å². The Balaban J connectivity index is 1.80. The van der Waals surface area contributed by atoms with Crippen LogP contribution in [0.2, 0.25) is 0 Å². The van der Waals surface area contributed by atoms with E-state index in [0.717, 1.165) is 16.7 Å². The monoisotopic (exact) mass is 392 g/mol. The van der Waals surface area contributed by atoms with Crippen LogP contribution in [0.1, 0.15) is 36.2 Å². The Morgan fingerprint density at radius 1 is 1.29 bits per heavy atom. The van der Waals surface area contributed by atoms with E-state index in [2.05, 4.69) is 9.97 Å². The third kappa shape index (κ3) is 3.54. The highest BCUT2D eigenvalue weighted by Crippen LogP contribution is 2.33. The summed E-state index contributed by atoms with van der Waals surface area (Å²) in [5, 5.41) is 0.187. The highest BCUT2D eigenvalue weighted by molar-refractivity contribution is 5.77. The van der Waals surface area contributed by atoms with Gasteiger partial charge in [-0.1, -0.05) is 12.1 Å². The largest absolute Gasteiger partial charge is 0.448 e. The lowest BCUT2D eigenvalue weighted by atomic mass is 10.1. The molecule has 4 rings (SSSR count). The SMILES string of the molecule is Cc1ocnc1CN1CCCC1c1nc2ccccc2c(=O)n1CC(F)(F)F. The molecular weight excluding hydrogens is 373 g/mol. The maximum Gasteiger partial charge on any atom is 0.406 e. The van der Waals surface area contributed by atoms with Gasteiger partial charge in [0.25, 0.3) is 5.56 Å². The van der Waals surface area contributed by atoms with Gasteiger partial charge in [-0.25, -0.2) is 9.97 Å². The van der Waals surface area contributed by atoms with E-state index in [-0.39, 0.29) is 11.2 Å². The van der Waals surface area contributed by atoms with Crippen molar-refractivity contribution in [1.29, 1.82) is 0 Å². The number of fused-ring (bicyclic) bond motifs is 1. The number of nitrogens with zero attached hydrogens (tertiary/aromatic N) is 4. The van der Waals surface area contributed by atoms with Crippen LogP contribution in [0, 0.1) is 6.92 Å². The molecule has 1 aliphatic rings. The van der Waals surface area contributed by atoms with Gasteiger partial charge in [0, 0.05) is 6.54 Å². The number of benzene rings is 1. The van der Waals surface area contributed by atoms with Crippen molar-refractivity contribution >= 4 is 10.9 Å². The van der Waals surface area contributed by atoms with Crippen LogP contribution in [-0.2, 0) is 13.1 Å². The molecule has 0 aliphatic carbocycles. The van der Waals surface area contributed by atoms with Gasteiger partial charge < -0.3 is 4.42 Å². The van der Waals surface area contributed by atoms with Gasteiger partial charge in [-0.3, -0.25) is 14.3 Å². The van der Waals surface area contributed by atoms with Crippen LogP contribution in [0.3, 0.4) is 0 Å². The van der Waals surface area contributed by atoms with Crippen molar-refractivity contribution < 1.29 is 17.6 Å². The summed E-state index contributed by atoms with van der Waals surface area (Å²) in [6, 6.07) is 6.11. The van der Waals surface area contributed by atoms with Gasteiger partial charge >= 0.3 is 6.18 Å². The Kier molecular flexibility index (Phi) is 4.70. The molecule has 3 aromatic rings. The van der Waals surface area contributed by atoms with E-state index in [9.17, 15) is 18.0 Å². The summed E-state index contributed by atoms with van der Waals surface area (Å²) < 4.78 is 45.7. The second kappa shape index (κ2) is 7.05. The first-order valence-corrected chi connectivity index (χ1v) is 9.03. The molecule has 1 aliphatic heterocycles. The van der Waals surface area contributed by atoms with Crippen molar-refractivity contribution in [2.75, 3.05) is 6.54 Å². The first-order chi connectivity index (χ1) is 13.3. The second-order valence-electron chi connectivity index (χ2n) is 6.98. The Bertz CT molecular complexity index is 1060. The molecule has 1 fully saturated rings. The number of aryl methyl sites for hydroxylation is 1. The number of hydrogen-bond acceptors (Lipinski definition) is 5. The molecule has 9 heteroatoms. The van der Waals surface area contributed by atoms with Gasteiger partial charge in [-0.2, -0.15) is 13.2 Å². The number of hydrogen-bond donors (Lipinski definition) is 0. The van der Waals surface area contributed by atoms with Crippen molar-refractivity contribution in [2.45, 2.75) is 45.1 Å². The normalized spacial score (nSPS) is 18.2. The molecule has 0 N–H and O–H groups in total. The van der Waals surface area contributed by atoms with Crippen LogP contribution in [0.25, 0.3) is 10.9 Å². The van der Waals surface area contributed by atoms with Crippen LogP contribution in [-0.4, -0.2) is 32.2 Å². The quantitative estimate of drug-likeness (QED) is 0.679. The van der Waals surface area contributed by atoms with Gasteiger partial charge in [0.2, 0.25) is 0 Å². The number of oxazole rings is 1. The minimum Gasteiger partial charge on any atom is -0.448 e. The average molecular weight is 392 g/mol. The molecule has 0 bridgehead atoms. The predicted molar refractivity (Wildman–Crippen MR) is 95.7 cm³/mol. The first-order valence-electron chi connectivity index (χ1n) is 9.03. The molecule has 0 radical (unpaired) electrons. The number of rotatable bonds is 4. The fourth-order valence-corrected chi connectivity index (χ4v) is 3.75. The molecule has 6 nitrogen and oxygen atoms in total. The fraction of sp³-hybridized carbons (Fsp3) is 0.421. The lowest BCUT2D eigenvalue weighted by Crippen LogP contribution is -2.35. The van der Waals surface area contributed by atoms with Crippen molar-refractivity contribution in [3.8, 4) is 0 Å². The van der Waals surface area contributed by atoms with E-state index < -0.39 is 24.3 Å². The van der Waals surface area contributed by atoms with E-state index in [1.165, 1.54) is 12.5 Å². The lowest BCUT2D eigenvalue weighted by molar-refractivity contribution is -0.142. The number of likely N-dealkylation sites (tertiary alicyclic amines) is 1. The summed E-state index contributed by atoms with van der Waals surface area (Å²) in [5.41, 5.74) is 0.477. The highest BCUT2D eigenvalue weighted by Gasteiger charge is 2.35. The zero-order chi connectivity index (χ0) is 19.9. The minimum absolute atomic E-state index is 0.152. The molecule has 1 unspecified atom stereocenters. The Morgan fingerprint density at radius 2 is 2.07 bits per heavy atom. The molecule has 0 spiro atoms. The molecule has 3 heterocycles. The molecule has 148 valence electrons. The van der Waals surface area contributed by atoms with Crippen LogP contribution in [0.4, 0.5) is 13.2 Å². The molecule has 1 atom stereocenters. The number of alkyl halides is 3. The molecule has 28 heavy (non-hydrogen) atoms. The predicted octanol–water partition coefficient (Wildman–Crippen LogP) is 3.59. The zero-order valence-corrected chi connectivity index (χ0v) is 15.2. The maximum atomic E-state index is 13.2. The first kappa shape index (κ1) is 18.7. The Morgan fingerprint density at radius 3 is 2.79 bits per heavy atom. The Hall–Kier alpha value is -2.68. The fourth-order valence-electron chi connectivity index (χ4n) is 3.75. The standard InChI is InChI=1S/C19H19F3N4O2/c1-12-15(23-11-28-12)9-25-8-4-7-16(25)17-24-14-6-3-2-5-13(14)18(27)26(17)10-19(20,21)22/h2-3,5-6,11,16H,4,7-10H2,1H3. The van der Waals surface area contributed by atoms with E-state index >= 15 is 0 Å². The van der Waals surface area contributed by atoms with Crippen LogP contribution in [0.5, 0.6) is 0 Å². The van der Waals surface area contributed by atoms with Crippen LogP contribution in [0.15, 0.2) is 39.9 Å². The van der Waals surface area contributed by atoms with E-state index in [1.54, 1.807) is 25.1 Å². The summed E-state index contributed by atoms with van der Waals surface area (Å²) in [4.78, 5) is 23.5. The second-order valence-corrected chi connectivity index (χ2v) is 6.98. The van der Waals surface area contributed by atoms with Gasteiger partial charge in [-0.05, 0) is 38.4 Å². The average Bonchev–Trinajstić information content (AvgIpc) is 3.26. The van der Waals surface area contributed by atoms with E-state index in [0.29, 0.717) is 30.8 Å². The lowest BCUT2D eigenvalue weighted by Gasteiger charge is -2.26. The molecule has 1 saturated heterocycles. The number of aromatic nitrogens is 3. The summed E-state index contributed by atoms with van der Waals surface area (Å²) in [6.07, 6.45) is -1.74. The highest BCUT2D eigenvalue weighted by atomic mass is 19.4. The van der Waals surface area contributed by atoms with Crippen molar-refractivity contribution in [3.05, 3.63) is 58.3 Å². The summed E-state index contributed by atoms with van der Waals surface area (Å²) >= 11 is 0. The summed E-state index contributed by atoms with van der Waals surface area (Å²) in [7, 11) is 0. The topological polar surface area (TPSA) is 64.2 Å². The van der Waals surface area contributed by atoms with E-state index in [4.69, 9.17) is 4.42 Å². The molecule has 1 aromatic carbocycles. The smallest absolute Gasteiger partial charge is 0.406 e. The van der Waals surface area contributed by atoms with Gasteiger partial charge in [-0.15, -0.1) is 0 Å². The van der Waals surface area contributed by atoms with E-state index in [1.807, 2.05) is 4.90 Å². The molecule has 0 saturated carbocycles.